The summed E-state index contributed by atoms with van der Waals surface area (Å²) in [5.74, 6) is 1.82. The minimum Gasteiger partial charge on any atom is -0.305 e. The van der Waals surface area contributed by atoms with Crippen molar-refractivity contribution in [1.29, 1.82) is 0 Å². The molecule has 0 unspecified atom stereocenters. The summed E-state index contributed by atoms with van der Waals surface area (Å²) in [7, 11) is 2.02. The van der Waals surface area contributed by atoms with Crippen LogP contribution in [0.25, 0.3) is 11.4 Å². The molecule has 1 aromatic heterocycles. The molecule has 4 heteroatoms. The van der Waals surface area contributed by atoms with E-state index in [0.717, 1.165) is 22.3 Å². The van der Waals surface area contributed by atoms with Gasteiger partial charge in [0.1, 0.15) is 0 Å². The summed E-state index contributed by atoms with van der Waals surface area (Å²) in [6.45, 7) is 4.23. The summed E-state index contributed by atoms with van der Waals surface area (Å²) < 4.78 is 2.06. The van der Waals surface area contributed by atoms with E-state index in [9.17, 15) is 0 Å². The number of nitrogens with zero attached hydrogens (tertiary/aromatic N) is 3. The van der Waals surface area contributed by atoms with E-state index in [0.29, 0.717) is 0 Å². The quantitative estimate of drug-likeness (QED) is 0.670. The van der Waals surface area contributed by atoms with E-state index in [2.05, 4.69) is 77.1 Å². The van der Waals surface area contributed by atoms with Crippen LogP contribution in [0.2, 0.25) is 0 Å². The first-order valence-electron chi connectivity index (χ1n) is 7.29. The molecular formula is C18H19N3S. The summed E-state index contributed by atoms with van der Waals surface area (Å²) in [5.41, 5.74) is 5.01. The Bertz CT molecular complexity index is 775. The van der Waals surface area contributed by atoms with Crippen molar-refractivity contribution in [2.75, 3.05) is 0 Å². The number of hydrogen-bond acceptors (Lipinski definition) is 3. The van der Waals surface area contributed by atoms with Crippen LogP contribution in [0.4, 0.5) is 0 Å². The predicted molar refractivity (Wildman–Crippen MR) is 91.9 cm³/mol. The summed E-state index contributed by atoms with van der Waals surface area (Å²) >= 11 is 1.72. The molecule has 0 spiro atoms. The Balaban J connectivity index is 1.79. The van der Waals surface area contributed by atoms with Crippen LogP contribution in [0.1, 0.15) is 16.7 Å². The summed E-state index contributed by atoms with van der Waals surface area (Å²) in [6, 6.07) is 16.8. The summed E-state index contributed by atoms with van der Waals surface area (Å²) in [6.07, 6.45) is 0. The molecule has 112 valence electrons. The Hall–Kier alpha value is -2.07. The highest BCUT2D eigenvalue weighted by atomic mass is 32.2. The third-order valence-electron chi connectivity index (χ3n) is 3.76. The van der Waals surface area contributed by atoms with Gasteiger partial charge < -0.3 is 4.57 Å². The first-order chi connectivity index (χ1) is 10.6. The van der Waals surface area contributed by atoms with Crippen molar-refractivity contribution in [1.82, 2.24) is 14.8 Å². The minimum atomic E-state index is 0.909. The molecule has 0 saturated heterocycles. The van der Waals surface area contributed by atoms with E-state index in [1.165, 1.54) is 16.7 Å². The van der Waals surface area contributed by atoms with Gasteiger partial charge in [0.2, 0.25) is 0 Å². The molecule has 0 radical (unpaired) electrons. The number of aromatic nitrogens is 3. The van der Waals surface area contributed by atoms with Crippen LogP contribution < -0.4 is 0 Å². The van der Waals surface area contributed by atoms with Crippen LogP contribution in [0.15, 0.2) is 53.7 Å². The van der Waals surface area contributed by atoms with Gasteiger partial charge in [0.05, 0.1) is 0 Å². The molecule has 1 heterocycles. The zero-order valence-corrected chi connectivity index (χ0v) is 13.9. The maximum atomic E-state index is 4.34. The molecule has 3 rings (SSSR count). The second-order valence-corrected chi connectivity index (χ2v) is 6.39. The van der Waals surface area contributed by atoms with Crippen LogP contribution in [-0.4, -0.2) is 14.8 Å². The molecule has 0 aliphatic carbocycles. The number of thioether (sulfide) groups is 1. The van der Waals surface area contributed by atoms with Crippen LogP contribution in [-0.2, 0) is 12.8 Å². The van der Waals surface area contributed by atoms with Gasteiger partial charge in [-0.15, -0.1) is 10.2 Å². The SMILES string of the molecule is Cc1ccc(-c2nnc(SCc3ccccc3C)n2C)cc1. The second kappa shape index (κ2) is 6.36. The lowest BCUT2D eigenvalue weighted by atomic mass is 10.1. The Labute approximate surface area is 135 Å². The van der Waals surface area contributed by atoms with E-state index in [4.69, 9.17) is 0 Å². The van der Waals surface area contributed by atoms with Crippen LogP contribution in [0.3, 0.4) is 0 Å². The van der Waals surface area contributed by atoms with Gasteiger partial charge in [-0.1, -0.05) is 65.9 Å². The Kier molecular flexibility index (Phi) is 4.29. The van der Waals surface area contributed by atoms with Crippen molar-refractivity contribution in [2.24, 2.45) is 7.05 Å². The lowest BCUT2D eigenvalue weighted by Crippen LogP contribution is -1.95. The fourth-order valence-electron chi connectivity index (χ4n) is 2.31. The van der Waals surface area contributed by atoms with Crippen molar-refractivity contribution in [3.8, 4) is 11.4 Å². The fourth-order valence-corrected chi connectivity index (χ4v) is 3.30. The molecule has 3 nitrogen and oxygen atoms in total. The second-order valence-electron chi connectivity index (χ2n) is 5.45. The first kappa shape index (κ1) is 14.9. The van der Waals surface area contributed by atoms with E-state index in [1.807, 2.05) is 7.05 Å². The molecule has 0 aliphatic heterocycles. The molecule has 3 aromatic rings. The summed E-state index contributed by atoms with van der Waals surface area (Å²) in [4.78, 5) is 0. The number of hydrogen-bond donors (Lipinski definition) is 0. The predicted octanol–water partition coefficient (Wildman–Crippen LogP) is 4.39. The third-order valence-corrected chi connectivity index (χ3v) is 4.83. The molecular weight excluding hydrogens is 290 g/mol. The molecule has 0 atom stereocenters. The molecule has 0 N–H and O–H groups in total. The van der Waals surface area contributed by atoms with E-state index < -0.39 is 0 Å². The lowest BCUT2D eigenvalue weighted by Gasteiger charge is -2.06. The van der Waals surface area contributed by atoms with E-state index in [-0.39, 0.29) is 0 Å². The standard InChI is InChI=1S/C18H19N3S/c1-13-8-10-15(11-9-13)17-19-20-18(21(17)3)22-12-16-7-5-4-6-14(16)2/h4-11H,12H2,1-3H3. The minimum absolute atomic E-state index is 0.909. The van der Waals surface area contributed by atoms with Gasteiger partial charge in [0.25, 0.3) is 0 Å². The van der Waals surface area contributed by atoms with Crippen LogP contribution >= 0.6 is 11.8 Å². The van der Waals surface area contributed by atoms with Crippen LogP contribution in [0, 0.1) is 13.8 Å². The van der Waals surface area contributed by atoms with E-state index >= 15 is 0 Å². The van der Waals surface area contributed by atoms with Crippen molar-refractivity contribution < 1.29 is 0 Å². The van der Waals surface area contributed by atoms with Crippen molar-refractivity contribution in [3.63, 3.8) is 0 Å². The molecule has 22 heavy (non-hydrogen) atoms. The van der Waals surface area contributed by atoms with Gasteiger partial charge in [0.15, 0.2) is 11.0 Å². The number of benzene rings is 2. The van der Waals surface area contributed by atoms with Gasteiger partial charge in [-0.25, -0.2) is 0 Å². The highest BCUT2D eigenvalue weighted by Gasteiger charge is 2.11. The van der Waals surface area contributed by atoms with Gasteiger partial charge in [-0.05, 0) is 25.0 Å². The maximum absolute atomic E-state index is 4.34. The number of aryl methyl sites for hydroxylation is 2. The van der Waals surface area contributed by atoms with Gasteiger partial charge in [-0.2, -0.15) is 0 Å². The average molecular weight is 309 g/mol. The highest BCUT2D eigenvalue weighted by molar-refractivity contribution is 7.98. The van der Waals surface area contributed by atoms with Crippen molar-refractivity contribution >= 4 is 11.8 Å². The molecule has 0 aliphatic rings. The van der Waals surface area contributed by atoms with Gasteiger partial charge in [-0.3, -0.25) is 0 Å². The van der Waals surface area contributed by atoms with Gasteiger partial charge in [0, 0.05) is 18.4 Å². The third kappa shape index (κ3) is 3.07. The molecule has 2 aromatic carbocycles. The van der Waals surface area contributed by atoms with Crippen molar-refractivity contribution in [3.05, 3.63) is 65.2 Å². The monoisotopic (exact) mass is 309 g/mol. The van der Waals surface area contributed by atoms with Crippen LogP contribution in [0.5, 0.6) is 0 Å². The zero-order chi connectivity index (χ0) is 15.5. The Morgan fingerprint density at radius 2 is 1.68 bits per heavy atom. The topological polar surface area (TPSA) is 30.7 Å². The highest BCUT2D eigenvalue weighted by Crippen LogP contribution is 2.26. The normalized spacial score (nSPS) is 10.9. The smallest absolute Gasteiger partial charge is 0.191 e. The van der Waals surface area contributed by atoms with E-state index in [1.54, 1.807) is 11.8 Å². The maximum Gasteiger partial charge on any atom is 0.191 e. The molecule has 0 amide bonds. The largest absolute Gasteiger partial charge is 0.305 e. The Morgan fingerprint density at radius 3 is 2.41 bits per heavy atom. The average Bonchev–Trinajstić information content (AvgIpc) is 2.88. The number of rotatable bonds is 4. The molecule has 0 fully saturated rings. The lowest BCUT2D eigenvalue weighted by molar-refractivity contribution is 0.793. The first-order valence-corrected chi connectivity index (χ1v) is 8.27. The zero-order valence-electron chi connectivity index (χ0n) is 13.1. The van der Waals surface area contributed by atoms with Gasteiger partial charge >= 0.3 is 0 Å². The Morgan fingerprint density at radius 1 is 0.955 bits per heavy atom. The summed E-state index contributed by atoms with van der Waals surface area (Å²) in [5, 5.41) is 9.62. The molecule has 0 saturated carbocycles. The molecule has 0 bridgehead atoms. The fraction of sp³-hybridized carbons (Fsp3) is 0.222. The van der Waals surface area contributed by atoms with Crippen molar-refractivity contribution in [2.45, 2.75) is 24.8 Å².